The van der Waals surface area contributed by atoms with Crippen LogP contribution in [0.4, 0.5) is 5.82 Å². The van der Waals surface area contributed by atoms with E-state index in [0.717, 1.165) is 39.7 Å². The molecule has 0 spiro atoms. The molecule has 1 aliphatic heterocycles. The van der Waals surface area contributed by atoms with Crippen LogP contribution in [0.2, 0.25) is 0 Å². The van der Waals surface area contributed by atoms with Gasteiger partial charge in [0, 0.05) is 36.5 Å². The molecule has 0 radical (unpaired) electrons. The maximum atomic E-state index is 5.73. The van der Waals surface area contributed by atoms with Crippen LogP contribution in [0.5, 0.6) is 11.5 Å². The third-order valence-corrected chi connectivity index (χ3v) is 5.47. The fourth-order valence-corrected chi connectivity index (χ4v) is 3.86. The van der Waals surface area contributed by atoms with Gasteiger partial charge in [-0.05, 0) is 49.2 Å². The van der Waals surface area contributed by atoms with Crippen LogP contribution in [0.3, 0.4) is 0 Å². The first kappa shape index (κ1) is 20.1. The number of aromatic nitrogens is 4. The zero-order valence-electron chi connectivity index (χ0n) is 18.4. The molecule has 162 valence electrons. The molecule has 7 nitrogen and oxygen atoms in total. The van der Waals surface area contributed by atoms with Crippen molar-refractivity contribution in [3.63, 3.8) is 0 Å². The van der Waals surface area contributed by atoms with Crippen molar-refractivity contribution < 1.29 is 9.47 Å². The number of hydrogen-bond donors (Lipinski definition) is 1. The van der Waals surface area contributed by atoms with Gasteiger partial charge in [0.1, 0.15) is 24.9 Å². The average molecular weight is 428 g/mol. The Hall–Kier alpha value is -3.87. The van der Waals surface area contributed by atoms with E-state index in [1.807, 2.05) is 55.3 Å². The molecule has 1 unspecified atom stereocenters. The molecule has 7 heteroatoms. The number of rotatable bonds is 5. The van der Waals surface area contributed by atoms with E-state index in [1.165, 1.54) is 5.56 Å². The van der Waals surface area contributed by atoms with Crippen LogP contribution in [-0.2, 0) is 7.05 Å². The molecular weight excluding hydrogens is 402 g/mol. The molecule has 1 N–H and O–H groups in total. The Labute approximate surface area is 187 Å². The maximum absolute atomic E-state index is 5.73. The molecule has 4 aromatic rings. The molecule has 0 aliphatic carbocycles. The van der Waals surface area contributed by atoms with Gasteiger partial charge in [0.2, 0.25) is 0 Å². The summed E-state index contributed by atoms with van der Waals surface area (Å²) >= 11 is 0. The molecule has 2 aromatic carbocycles. The van der Waals surface area contributed by atoms with Crippen molar-refractivity contribution in [2.24, 2.45) is 7.05 Å². The molecular formula is C25H25N5O2. The second-order valence-electron chi connectivity index (χ2n) is 7.94. The molecule has 0 saturated heterocycles. The van der Waals surface area contributed by atoms with Crippen molar-refractivity contribution >= 4 is 5.82 Å². The normalized spacial score (nSPS) is 13.6. The highest BCUT2D eigenvalue weighted by Gasteiger charge is 2.15. The number of aryl methyl sites for hydroxylation is 2. The third kappa shape index (κ3) is 4.14. The number of fused-ring (bicyclic) bond motifs is 1. The average Bonchev–Trinajstić information content (AvgIpc) is 3.25. The Kier molecular flexibility index (Phi) is 5.23. The summed E-state index contributed by atoms with van der Waals surface area (Å²) in [5.41, 5.74) is 5.21. The monoisotopic (exact) mass is 427 g/mol. The van der Waals surface area contributed by atoms with Crippen LogP contribution in [0.15, 0.2) is 60.9 Å². The van der Waals surface area contributed by atoms with Gasteiger partial charge in [-0.2, -0.15) is 5.10 Å². The predicted molar refractivity (Wildman–Crippen MR) is 124 cm³/mol. The van der Waals surface area contributed by atoms with Crippen LogP contribution in [0, 0.1) is 6.92 Å². The summed E-state index contributed by atoms with van der Waals surface area (Å²) in [6, 6.07) is 16.4. The Morgan fingerprint density at radius 1 is 0.938 bits per heavy atom. The Morgan fingerprint density at radius 3 is 2.59 bits per heavy atom. The van der Waals surface area contributed by atoms with Gasteiger partial charge in [-0.1, -0.05) is 18.2 Å². The van der Waals surface area contributed by atoms with E-state index in [1.54, 1.807) is 0 Å². The number of anilines is 1. The highest BCUT2D eigenvalue weighted by Crippen LogP contribution is 2.34. The van der Waals surface area contributed by atoms with Crippen molar-refractivity contribution in [1.29, 1.82) is 0 Å². The first-order valence-corrected chi connectivity index (χ1v) is 10.7. The van der Waals surface area contributed by atoms with Gasteiger partial charge in [-0.15, -0.1) is 0 Å². The smallest absolute Gasteiger partial charge is 0.162 e. The summed E-state index contributed by atoms with van der Waals surface area (Å²) < 4.78 is 13.2. The van der Waals surface area contributed by atoms with E-state index in [-0.39, 0.29) is 6.04 Å². The molecule has 1 aliphatic rings. The summed E-state index contributed by atoms with van der Waals surface area (Å²) in [6.45, 7) is 5.17. The Balaban J connectivity index is 1.40. The SMILES string of the molecule is Cc1nc(NC(C)c2cccc(-c3cnn(C)c3)c2)cc(-c2ccc3c(c2)OCCO3)n1. The quantitative estimate of drug-likeness (QED) is 0.493. The lowest BCUT2D eigenvalue weighted by Gasteiger charge is -2.19. The second-order valence-corrected chi connectivity index (χ2v) is 7.94. The van der Waals surface area contributed by atoms with Crippen molar-refractivity contribution in [3.05, 3.63) is 72.3 Å². The van der Waals surface area contributed by atoms with Crippen molar-refractivity contribution in [3.8, 4) is 33.9 Å². The third-order valence-electron chi connectivity index (χ3n) is 5.47. The van der Waals surface area contributed by atoms with E-state index in [2.05, 4.69) is 51.6 Å². The number of nitrogens with zero attached hydrogens (tertiary/aromatic N) is 4. The number of benzene rings is 2. The van der Waals surface area contributed by atoms with Crippen LogP contribution < -0.4 is 14.8 Å². The zero-order valence-corrected chi connectivity index (χ0v) is 18.4. The minimum Gasteiger partial charge on any atom is -0.486 e. The summed E-state index contributed by atoms with van der Waals surface area (Å²) in [7, 11) is 1.92. The molecule has 0 saturated carbocycles. The van der Waals surface area contributed by atoms with E-state index >= 15 is 0 Å². The predicted octanol–water partition coefficient (Wildman–Crippen LogP) is 4.80. The standard InChI is InChI=1S/C25H25N5O2/c1-16(18-5-4-6-19(11-18)21-14-26-30(3)15-21)27-25-13-22(28-17(2)29-25)20-7-8-23-24(12-20)32-10-9-31-23/h4-8,11-16H,9-10H2,1-3H3,(H,27,28,29). The fourth-order valence-electron chi connectivity index (χ4n) is 3.86. The number of hydrogen-bond acceptors (Lipinski definition) is 6. The van der Waals surface area contributed by atoms with Gasteiger partial charge < -0.3 is 14.8 Å². The summed E-state index contributed by atoms with van der Waals surface area (Å²) in [5, 5.41) is 7.81. The fraction of sp³-hybridized carbons (Fsp3) is 0.240. The van der Waals surface area contributed by atoms with Crippen LogP contribution in [0.25, 0.3) is 22.4 Å². The molecule has 32 heavy (non-hydrogen) atoms. The van der Waals surface area contributed by atoms with Gasteiger partial charge in [0.05, 0.1) is 11.9 Å². The maximum Gasteiger partial charge on any atom is 0.162 e. The highest BCUT2D eigenvalue weighted by atomic mass is 16.6. The molecule has 2 aromatic heterocycles. The molecule has 0 amide bonds. The van der Waals surface area contributed by atoms with Gasteiger partial charge >= 0.3 is 0 Å². The van der Waals surface area contributed by atoms with E-state index in [0.29, 0.717) is 19.0 Å². The highest BCUT2D eigenvalue weighted by molar-refractivity contribution is 5.67. The largest absolute Gasteiger partial charge is 0.486 e. The zero-order chi connectivity index (χ0) is 22.1. The van der Waals surface area contributed by atoms with Gasteiger partial charge in [0.15, 0.2) is 11.5 Å². The second kappa shape index (κ2) is 8.34. The summed E-state index contributed by atoms with van der Waals surface area (Å²) in [6.07, 6.45) is 3.90. The molecule has 0 bridgehead atoms. The van der Waals surface area contributed by atoms with Gasteiger partial charge in [-0.3, -0.25) is 4.68 Å². The number of ether oxygens (including phenoxy) is 2. The molecule has 0 fully saturated rings. The molecule has 5 rings (SSSR count). The van der Waals surface area contributed by atoms with Gasteiger partial charge in [0.25, 0.3) is 0 Å². The summed E-state index contributed by atoms with van der Waals surface area (Å²) in [4.78, 5) is 9.24. The van der Waals surface area contributed by atoms with E-state index < -0.39 is 0 Å². The minimum atomic E-state index is 0.0639. The van der Waals surface area contributed by atoms with Gasteiger partial charge in [-0.25, -0.2) is 9.97 Å². The van der Waals surface area contributed by atoms with E-state index in [4.69, 9.17) is 9.47 Å². The van der Waals surface area contributed by atoms with Crippen molar-refractivity contribution in [2.75, 3.05) is 18.5 Å². The van der Waals surface area contributed by atoms with Crippen LogP contribution in [0.1, 0.15) is 24.4 Å². The van der Waals surface area contributed by atoms with E-state index in [9.17, 15) is 0 Å². The Morgan fingerprint density at radius 2 is 1.78 bits per heavy atom. The van der Waals surface area contributed by atoms with Crippen LogP contribution >= 0.6 is 0 Å². The first-order chi connectivity index (χ1) is 15.5. The Bertz CT molecular complexity index is 1270. The van der Waals surface area contributed by atoms with Crippen molar-refractivity contribution in [1.82, 2.24) is 19.7 Å². The molecule has 3 heterocycles. The minimum absolute atomic E-state index is 0.0639. The lowest BCUT2D eigenvalue weighted by Crippen LogP contribution is -2.15. The lowest BCUT2D eigenvalue weighted by molar-refractivity contribution is 0.171. The summed E-state index contributed by atoms with van der Waals surface area (Å²) in [5.74, 6) is 3.00. The molecule has 1 atom stereocenters. The number of nitrogens with one attached hydrogen (secondary N) is 1. The van der Waals surface area contributed by atoms with Crippen molar-refractivity contribution in [2.45, 2.75) is 19.9 Å². The first-order valence-electron chi connectivity index (χ1n) is 10.7. The topological polar surface area (TPSA) is 74.1 Å². The lowest BCUT2D eigenvalue weighted by atomic mass is 10.0. The van der Waals surface area contributed by atoms with Crippen LogP contribution in [-0.4, -0.2) is 33.0 Å².